The van der Waals surface area contributed by atoms with E-state index in [2.05, 4.69) is 4.98 Å². The summed E-state index contributed by atoms with van der Waals surface area (Å²) in [6, 6.07) is 3.37. The molecule has 1 atom stereocenters. The third kappa shape index (κ3) is 2.07. The highest BCUT2D eigenvalue weighted by molar-refractivity contribution is 8.00. The molecule has 0 amide bonds. The average molecular weight is 240 g/mol. The molecule has 0 aliphatic rings. The van der Waals surface area contributed by atoms with E-state index in [9.17, 15) is 4.79 Å². The summed E-state index contributed by atoms with van der Waals surface area (Å²) < 4.78 is 4.89. The van der Waals surface area contributed by atoms with Gasteiger partial charge in [-0.3, -0.25) is 4.98 Å². The van der Waals surface area contributed by atoms with E-state index in [1.54, 1.807) is 12.1 Å². The van der Waals surface area contributed by atoms with Crippen molar-refractivity contribution in [2.45, 2.75) is 17.1 Å². The number of aromatic nitrogens is 1. The summed E-state index contributed by atoms with van der Waals surface area (Å²) >= 11 is 1.46. The lowest BCUT2D eigenvalue weighted by Gasteiger charge is -2.09. The minimum atomic E-state index is -0.494. The maximum atomic E-state index is 11.0. The van der Waals surface area contributed by atoms with Crippen molar-refractivity contribution in [2.75, 3.05) is 12.3 Å². The molecule has 5 nitrogen and oxygen atoms in total. The van der Waals surface area contributed by atoms with E-state index in [0.29, 0.717) is 16.8 Å². The van der Waals surface area contributed by atoms with Gasteiger partial charge in [0.05, 0.1) is 12.1 Å². The second-order valence-electron chi connectivity index (χ2n) is 3.51. The topological polar surface area (TPSA) is 92.2 Å². The Balaban J connectivity index is 2.45. The van der Waals surface area contributed by atoms with Crippen molar-refractivity contribution in [3.63, 3.8) is 0 Å². The van der Waals surface area contributed by atoms with Crippen LogP contribution in [-0.4, -0.2) is 21.9 Å². The molecule has 1 aromatic carbocycles. The van der Waals surface area contributed by atoms with Crippen molar-refractivity contribution in [3.8, 4) is 0 Å². The highest BCUT2D eigenvalue weighted by Gasteiger charge is 2.10. The van der Waals surface area contributed by atoms with Crippen LogP contribution >= 0.6 is 11.8 Å². The third-order valence-corrected chi connectivity index (χ3v) is 3.30. The number of benzene rings is 1. The maximum absolute atomic E-state index is 11.0. The molecule has 0 bridgehead atoms. The van der Waals surface area contributed by atoms with Crippen LogP contribution in [0.4, 0.5) is 5.69 Å². The Kier molecular flexibility index (Phi) is 2.93. The molecule has 86 valence electrons. The lowest BCUT2D eigenvalue weighted by Crippen LogP contribution is -2.02. The van der Waals surface area contributed by atoms with Crippen molar-refractivity contribution in [1.82, 2.24) is 4.98 Å². The number of hydrogen-bond acceptors (Lipinski definition) is 5. The summed E-state index contributed by atoms with van der Waals surface area (Å²) in [4.78, 5) is 14.4. The fourth-order valence-electron chi connectivity index (χ4n) is 1.35. The lowest BCUT2D eigenvalue weighted by molar-refractivity contribution is 0.300. The SMILES string of the molecule is CC(CO)Sc1cc2[nH]c(=O)oc2cc1N. The number of oxazole rings is 1. The Hall–Kier alpha value is -1.40. The molecular weight excluding hydrogens is 228 g/mol. The van der Waals surface area contributed by atoms with Crippen LogP contribution in [0.15, 0.2) is 26.2 Å². The number of rotatable bonds is 3. The Morgan fingerprint density at radius 2 is 2.38 bits per heavy atom. The molecule has 0 saturated carbocycles. The second-order valence-corrected chi connectivity index (χ2v) is 4.99. The number of nitrogen functional groups attached to an aromatic ring is 1. The van der Waals surface area contributed by atoms with Crippen LogP contribution in [0.2, 0.25) is 0 Å². The summed E-state index contributed by atoms with van der Waals surface area (Å²) in [5.41, 5.74) is 7.43. The average Bonchev–Trinajstić information content (AvgIpc) is 2.58. The van der Waals surface area contributed by atoms with Crippen LogP contribution in [0.5, 0.6) is 0 Å². The molecule has 0 spiro atoms. The van der Waals surface area contributed by atoms with Crippen molar-refractivity contribution in [1.29, 1.82) is 0 Å². The number of aliphatic hydroxyl groups is 1. The van der Waals surface area contributed by atoms with E-state index in [1.165, 1.54) is 11.8 Å². The first-order chi connectivity index (χ1) is 7.60. The van der Waals surface area contributed by atoms with E-state index in [4.69, 9.17) is 15.3 Å². The summed E-state index contributed by atoms with van der Waals surface area (Å²) in [5.74, 6) is -0.494. The molecule has 1 aromatic heterocycles. The minimum absolute atomic E-state index is 0.0540. The predicted molar refractivity (Wildman–Crippen MR) is 63.7 cm³/mol. The number of thioether (sulfide) groups is 1. The second kappa shape index (κ2) is 4.23. The number of aliphatic hydroxyl groups excluding tert-OH is 1. The van der Waals surface area contributed by atoms with Crippen molar-refractivity contribution in [2.24, 2.45) is 0 Å². The van der Waals surface area contributed by atoms with Crippen LogP contribution in [-0.2, 0) is 0 Å². The van der Waals surface area contributed by atoms with Crippen LogP contribution in [0.1, 0.15) is 6.92 Å². The molecule has 4 N–H and O–H groups in total. The fourth-order valence-corrected chi connectivity index (χ4v) is 2.24. The van der Waals surface area contributed by atoms with Gasteiger partial charge in [0, 0.05) is 21.9 Å². The van der Waals surface area contributed by atoms with Crippen LogP contribution in [0.3, 0.4) is 0 Å². The molecule has 0 saturated heterocycles. The van der Waals surface area contributed by atoms with Crippen LogP contribution in [0, 0.1) is 0 Å². The molecule has 16 heavy (non-hydrogen) atoms. The summed E-state index contributed by atoms with van der Waals surface area (Å²) in [6.45, 7) is 1.97. The van der Waals surface area contributed by atoms with Gasteiger partial charge in [-0.05, 0) is 6.07 Å². The van der Waals surface area contributed by atoms with E-state index >= 15 is 0 Å². The summed E-state index contributed by atoms with van der Waals surface area (Å²) in [7, 11) is 0. The smallest absolute Gasteiger partial charge is 0.408 e. The first-order valence-electron chi connectivity index (χ1n) is 4.80. The quantitative estimate of drug-likeness (QED) is 0.553. The molecule has 2 aromatic rings. The highest BCUT2D eigenvalue weighted by atomic mass is 32.2. The Morgan fingerprint density at radius 1 is 1.62 bits per heavy atom. The molecule has 0 aliphatic heterocycles. The van der Waals surface area contributed by atoms with Gasteiger partial charge >= 0.3 is 5.76 Å². The number of nitrogens with one attached hydrogen (secondary N) is 1. The lowest BCUT2D eigenvalue weighted by atomic mass is 10.3. The number of nitrogens with two attached hydrogens (primary N) is 1. The van der Waals surface area contributed by atoms with Gasteiger partial charge in [0.25, 0.3) is 0 Å². The normalized spacial score (nSPS) is 13.1. The first kappa shape index (κ1) is 11.1. The largest absolute Gasteiger partial charge is 0.417 e. The van der Waals surface area contributed by atoms with Crippen LogP contribution < -0.4 is 11.5 Å². The van der Waals surface area contributed by atoms with Crippen LogP contribution in [0.25, 0.3) is 11.1 Å². The van der Waals surface area contributed by atoms with E-state index < -0.39 is 5.76 Å². The Labute approximate surface area is 95.6 Å². The van der Waals surface area contributed by atoms with E-state index in [-0.39, 0.29) is 11.9 Å². The zero-order valence-electron chi connectivity index (χ0n) is 8.69. The molecule has 0 aliphatic carbocycles. The Morgan fingerprint density at radius 3 is 3.06 bits per heavy atom. The zero-order valence-corrected chi connectivity index (χ0v) is 9.50. The summed E-state index contributed by atoms with van der Waals surface area (Å²) in [6.07, 6.45) is 0. The molecule has 2 rings (SSSR count). The number of H-pyrrole nitrogens is 1. The standard InChI is InChI=1S/C10H12N2O3S/c1-5(4-13)16-9-3-7-8(2-6(9)11)15-10(14)12-7/h2-3,5,13H,4,11H2,1H3,(H,12,14). The fraction of sp³-hybridized carbons (Fsp3) is 0.300. The zero-order chi connectivity index (χ0) is 11.7. The molecule has 1 unspecified atom stereocenters. The maximum Gasteiger partial charge on any atom is 0.417 e. The molecule has 0 fully saturated rings. The third-order valence-electron chi connectivity index (χ3n) is 2.14. The number of aromatic amines is 1. The van der Waals surface area contributed by atoms with Gasteiger partial charge in [0.15, 0.2) is 5.58 Å². The Bertz CT molecular complexity index is 561. The van der Waals surface area contributed by atoms with Crippen molar-refractivity contribution < 1.29 is 9.52 Å². The van der Waals surface area contributed by atoms with Gasteiger partial charge in [-0.25, -0.2) is 4.79 Å². The van der Waals surface area contributed by atoms with Gasteiger partial charge in [-0.1, -0.05) is 6.92 Å². The van der Waals surface area contributed by atoms with Gasteiger partial charge in [-0.2, -0.15) is 0 Å². The first-order valence-corrected chi connectivity index (χ1v) is 5.68. The summed E-state index contributed by atoms with van der Waals surface area (Å²) in [5, 5.41) is 9.02. The molecule has 6 heteroatoms. The number of hydrogen-bond donors (Lipinski definition) is 3. The van der Waals surface area contributed by atoms with Gasteiger partial charge in [0.1, 0.15) is 0 Å². The van der Waals surface area contributed by atoms with Gasteiger partial charge < -0.3 is 15.3 Å². The van der Waals surface area contributed by atoms with E-state index in [0.717, 1.165) is 4.90 Å². The number of fused-ring (bicyclic) bond motifs is 1. The van der Waals surface area contributed by atoms with Crippen molar-refractivity contribution >= 4 is 28.5 Å². The molecule has 0 radical (unpaired) electrons. The number of anilines is 1. The molecule has 1 heterocycles. The highest BCUT2D eigenvalue weighted by Crippen LogP contribution is 2.31. The van der Waals surface area contributed by atoms with Gasteiger partial charge in [0.2, 0.25) is 0 Å². The monoisotopic (exact) mass is 240 g/mol. The molecular formula is C10H12N2O3S. The van der Waals surface area contributed by atoms with Crippen molar-refractivity contribution in [3.05, 3.63) is 22.7 Å². The predicted octanol–water partition coefficient (Wildman–Crippen LogP) is 1.18. The van der Waals surface area contributed by atoms with E-state index in [1.807, 2.05) is 6.92 Å². The minimum Gasteiger partial charge on any atom is -0.408 e. The van der Waals surface area contributed by atoms with Gasteiger partial charge in [-0.15, -0.1) is 11.8 Å².